The molecule has 2 fully saturated rings. The average Bonchev–Trinajstić information content (AvgIpc) is 2.85. The van der Waals surface area contributed by atoms with Gasteiger partial charge in [-0.2, -0.15) is 0 Å². The minimum atomic E-state index is -0.911. The van der Waals surface area contributed by atoms with Crippen LogP contribution in [0.4, 0.5) is 0 Å². The average molecular weight is 324 g/mol. The quantitative estimate of drug-likeness (QED) is 0.825. The highest BCUT2D eigenvalue weighted by Gasteiger charge is 2.47. The Balaban J connectivity index is 1.95. The highest BCUT2D eigenvalue weighted by atomic mass is 16.4. The number of likely N-dealkylation sites (tertiary alicyclic amines) is 1. The molecule has 0 aromatic carbocycles. The van der Waals surface area contributed by atoms with Gasteiger partial charge in [0.1, 0.15) is 6.04 Å². The molecule has 0 aromatic rings. The number of amides is 2. The Morgan fingerprint density at radius 3 is 2.43 bits per heavy atom. The van der Waals surface area contributed by atoms with E-state index in [0.717, 1.165) is 25.7 Å². The number of carboxylic acid groups (broad SMARTS) is 1. The van der Waals surface area contributed by atoms with Crippen molar-refractivity contribution < 1.29 is 19.5 Å². The number of aliphatic carboxylic acids is 1. The molecule has 0 spiro atoms. The van der Waals surface area contributed by atoms with Gasteiger partial charge in [0.15, 0.2) is 0 Å². The smallest absolute Gasteiger partial charge is 0.326 e. The number of nitrogens with zero attached hydrogens (tertiary/aromatic N) is 1. The molecule has 130 valence electrons. The molecule has 1 aliphatic heterocycles. The fourth-order valence-electron chi connectivity index (χ4n) is 3.72. The van der Waals surface area contributed by atoms with Gasteiger partial charge in [-0.15, -0.1) is 0 Å². The lowest BCUT2D eigenvalue weighted by Gasteiger charge is -2.33. The van der Waals surface area contributed by atoms with Crippen molar-refractivity contribution in [1.82, 2.24) is 10.2 Å². The number of fused-ring (bicyclic) bond motifs is 1. The first kappa shape index (κ1) is 17.8. The molecule has 2 aliphatic rings. The number of carbonyl (C=O) groups excluding carboxylic acids is 2. The molecule has 1 aliphatic carbocycles. The lowest BCUT2D eigenvalue weighted by Crippen LogP contribution is -2.47. The Bertz CT molecular complexity index is 483. The van der Waals surface area contributed by atoms with Crippen LogP contribution >= 0.6 is 0 Å². The van der Waals surface area contributed by atoms with Crippen molar-refractivity contribution in [2.75, 3.05) is 6.54 Å². The molecule has 1 heterocycles. The van der Waals surface area contributed by atoms with Gasteiger partial charge in [0.05, 0.1) is 0 Å². The lowest BCUT2D eigenvalue weighted by atomic mass is 9.84. The van der Waals surface area contributed by atoms with Crippen LogP contribution in [0.2, 0.25) is 0 Å². The number of rotatable bonds is 4. The summed E-state index contributed by atoms with van der Waals surface area (Å²) >= 11 is 0. The zero-order chi connectivity index (χ0) is 17.2. The SMILES string of the molecule is CC(C)(C)C(=O)NCCC(=O)N1C(C(=O)O)CC2CCCCC21. The van der Waals surface area contributed by atoms with Gasteiger partial charge >= 0.3 is 5.97 Å². The van der Waals surface area contributed by atoms with E-state index in [0.29, 0.717) is 12.3 Å². The zero-order valence-electron chi connectivity index (χ0n) is 14.3. The molecule has 23 heavy (non-hydrogen) atoms. The first-order valence-electron chi connectivity index (χ1n) is 8.54. The number of carbonyl (C=O) groups is 3. The summed E-state index contributed by atoms with van der Waals surface area (Å²) in [5, 5.41) is 12.2. The van der Waals surface area contributed by atoms with E-state index in [9.17, 15) is 19.5 Å². The van der Waals surface area contributed by atoms with Crippen molar-refractivity contribution in [2.45, 2.75) is 71.4 Å². The molecule has 6 heteroatoms. The largest absolute Gasteiger partial charge is 0.480 e. The summed E-state index contributed by atoms with van der Waals surface area (Å²) in [4.78, 5) is 37.5. The third kappa shape index (κ3) is 4.03. The van der Waals surface area contributed by atoms with E-state index in [2.05, 4.69) is 5.32 Å². The molecule has 3 unspecified atom stereocenters. The van der Waals surface area contributed by atoms with Crippen molar-refractivity contribution in [2.24, 2.45) is 11.3 Å². The summed E-state index contributed by atoms with van der Waals surface area (Å²) in [6.07, 6.45) is 4.82. The minimum absolute atomic E-state index is 0.0654. The molecule has 1 saturated carbocycles. The van der Waals surface area contributed by atoms with E-state index in [1.165, 1.54) is 0 Å². The van der Waals surface area contributed by atoms with Gasteiger partial charge in [0, 0.05) is 24.4 Å². The Morgan fingerprint density at radius 2 is 1.83 bits per heavy atom. The molecule has 2 rings (SSSR count). The van der Waals surface area contributed by atoms with Crippen LogP contribution in [0.25, 0.3) is 0 Å². The molecular formula is C17H28N2O4. The number of nitrogens with one attached hydrogen (secondary N) is 1. The monoisotopic (exact) mass is 324 g/mol. The van der Waals surface area contributed by atoms with Gasteiger partial charge in [-0.1, -0.05) is 33.6 Å². The maximum Gasteiger partial charge on any atom is 0.326 e. The molecular weight excluding hydrogens is 296 g/mol. The summed E-state index contributed by atoms with van der Waals surface area (Å²) in [5.41, 5.74) is -0.491. The summed E-state index contributed by atoms with van der Waals surface area (Å²) < 4.78 is 0. The first-order valence-corrected chi connectivity index (χ1v) is 8.54. The van der Waals surface area contributed by atoms with E-state index < -0.39 is 17.4 Å². The van der Waals surface area contributed by atoms with Gasteiger partial charge < -0.3 is 15.3 Å². The first-order chi connectivity index (χ1) is 10.7. The van der Waals surface area contributed by atoms with E-state index in [-0.39, 0.29) is 30.8 Å². The van der Waals surface area contributed by atoms with Gasteiger partial charge in [0.25, 0.3) is 0 Å². The van der Waals surface area contributed by atoms with Gasteiger partial charge in [-0.25, -0.2) is 4.79 Å². The van der Waals surface area contributed by atoms with Gasteiger partial charge in [0.2, 0.25) is 11.8 Å². The van der Waals surface area contributed by atoms with Crippen LogP contribution in [-0.4, -0.2) is 46.4 Å². The third-order valence-corrected chi connectivity index (χ3v) is 4.97. The van der Waals surface area contributed by atoms with E-state index >= 15 is 0 Å². The molecule has 0 radical (unpaired) electrons. The molecule has 2 amide bonds. The normalized spacial score (nSPS) is 27.4. The minimum Gasteiger partial charge on any atom is -0.480 e. The molecule has 1 saturated heterocycles. The lowest BCUT2D eigenvalue weighted by molar-refractivity contribution is -0.150. The van der Waals surface area contributed by atoms with Crippen molar-refractivity contribution in [1.29, 1.82) is 0 Å². The molecule has 2 N–H and O–H groups in total. The summed E-state index contributed by atoms with van der Waals surface area (Å²) in [6.45, 7) is 5.71. The predicted molar refractivity (Wildman–Crippen MR) is 85.7 cm³/mol. The Hall–Kier alpha value is -1.59. The second kappa shape index (κ2) is 6.89. The summed E-state index contributed by atoms with van der Waals surface area (Å²) in [7, 11) is 0. The van der Waals surface area contributed by atoms with Crippen molar-refractivity contribution >= 4 is 17.8 Å². The number of hydrogen-bond acceptors (Lipinski definition) is 3. The molecule has 0 bridgehead atoms. The Morgan fingerprint density at radius 1 is 1.17 bits per heavy atom. The van der Waals surface area contributed by atoms with Crippen LogP contribution in [0.5, 0.6) is 0 Å². The van der Waals surface area contributed by atoms with Crippen molar-refractivity contribution in [3.05, 3.63) is 0 Å². The standard InChI is InChI=1S/C17H28N2O4/c1-17(2,3)16(23)18-9-8-14(20)19-12-7-5-4-6-11(12)10-13(19)15(21)22/h11-13H,4-10H2,1-3H3,(H,18,23)(H,21,22). The van der Waals surface area contributed by atoms with Crippen molar-refractivity contribution in [3.63, 3.8) is 0 Å². The van der Waals surface area contributed by atoms with Crippen LogP contribution in [0.15, 0.2) is 0 Å². The molecule has 0 aromatic heterocycles. The predicted octanol–water partition coefficient (Wildman–Crippen LogP) is 1.78. The van der Waals surface area contributed by atoms with Gasteiger partial charge in [-0.05, 0) is 25.2 Å². The van der Waals surface area contributed by atoms with E-state index in [4.69, 9.17) is 0 Å². The highest BCUT2D eigenvalue weighted by Crippen LogP contribution is 2.40. The van der Waals surface area contributed by atoms with E-state index in [1.54, 1.807) is 4.90 Å². The Kier molecular flexibility index (Phi) is 5.32. The summed E-state index contributed by atoms with van der Waals surface area (Å²) in [5.74, 6) is -0.845. The zero-order valence-corrected chi connectivity index (χ0v) is 14.3. The maximum absolute atomic E-state index is 12.6. The van der Waals surface area contributed by atoms with Crippen LogP contribution in [0, 0.1) is 11.3 Å². The van der Waals surface area contributed by atoms with Crippen LogP contribution < -0.4 is 5.32 Å². The molecule has 6 nitrogen and oxygen atoms in total. The van der Waals surface area contributed by atoms with Crippen LogP contribution in [0.1, 0.15) is 59.3 Å². The fourth-order valence-corrected chi connectivity index (χ4v) is 3.72. The number of hydrogen-bond donors (Lipinski definition) is 2. The summed E-state index contributed by atoms with van der Waals surface area (Å²) in [6, 6.07) is -0.635. The second-order valence-electron chi connectivity index (χ2n) is 7.76. The fraction of sp³-hybridized carbons (Fsp3) is 0.824. The maximum atomic E-state index is 12.6. The van der Waals surface area contributed by atoms with Crippen LogP contribution in [0.3, 0.4) is 0 Å². The topological polar surface area (TPSA) is 86.7 Å². The second-order valence-corrected chi connectivity index (χ2v) is 7.76. The van der Waals surface area contributed by atoms with Gasteiger partial charge in [-0.3, -0.25) is 9.59 Å². The van der Waals surface area contributed by atoms with Crippen LogP contribution in [-0.2, 0) is 14.4 Å². The van der Waals surface area contributed by atoms with E-state index in [1.807, 2.05) is 20.8 Å². The number of carboxylic acids is 1. The Labute approximate surface area is 137 Å². The third-order valence-electron chi connectivity index (χ3n) is 4.97. The van der Waals surface area contributed by atoms with Crippen molar-refractivity contribution in [3.8, 4) is 0 Å². The molecule has 3 atom stereocenters. The highest BCUT2D eigenvalue weighted by molar-refractivity contribution is 5.86.